The van der Waals surface area contributed by atoms with E-state index in [1.165, 1.54) is 4.31 Å². The molecule has 2 amide bonds. The van der Waals surface area contributed by atoms with Gasteiger partial charge in [-0.25, -0.2) is 8.42 Å². The first-order valence-corrected chi connectivity index (χ1v) is 12.9. The Kier molecular flexibility index (Phi) is 7.59. The second kappa shape index (κ2) is 9.95. The molecule has 29 heavy (non-hydrogen) atoms. The lowest BCUT2D eigenvalue weighted by Crippen LogP contribution is -2.51. The highest BCUT2D eigenvalue weighted by Gasteiger charge is 2.34. The van der Waals surface area contributed by atoms with Gasteiger partial charge in [-0.2, -0.15) is 16.1 Å². The minimum atomic E-state index is -3.53. The van der Waals surface area contributed by atoms with Gasteiger partial charge in [0, 0.05) is 25.0 Å². The van der Waals surface area contributed by atoms with E-state index in [0.29, 0.717) is 32.4 Å². The number of sulfonamides is 1. The van der Waals surface area contributed by atoms with Crippen molar-refractivity contribution in [2.75, 3.05) is 25.1 Å². The quantitative estimate of drug-likeness (QED) is 0.609. The number of carbonyl (C=O) groups excluding carboxylic acids is 2. The maximum Gasteiger partial charge on any atom is 0.243 e. The van der Waals surface area contributed by atoms with Crippen LogP contribution < -0.4 is 10.6 Å². The first-order valence-electron chi connectivity index (χ1n) is 10.1. The van der Waals surface area contributed by atoms with Crippen molar-refractivity contribution in [2.24, 2.45) is 5.92 Å². The van der Waals surface area contributed by atoms with Crippen LogP contribution in [0.5, 0.6) is 0 Å². The Hall–Kier alpha value is -1.58. The lowest BCUT2D eigenvalue weighted by molar-refractivity contribution is -0.132. The van der Waals surface area contributed by atoms with E-state index < -0.39 is 16.1 Å². The molecule has 1 aromatic rings. The van der Waals surface area contributed by atoms with Crippen LogP contribution in [0.3, 0.4) is 0 Å². The molecule has 0 bridgehead atoms. The summed E-state index contributed by atoms with van der Waals surface area (Å²) in [6, 6.07) is 8.08. The van der Waals surface area contributed by atoms with E-state index in [4.69, 9.17) is 0 Å². The SMILES string of the molecule is CSCC[C@H](NC(=O)C1CCN(S(=O)(=O)c2ccccc2)CC1)C(=O)NC1CC1. The fourth-order valence-electron chi connectivity index (χ4n) is 3.42. The smallest absolute Gasteiger partial charge is 0.243 e. The monoisotopic (exact) mass is 439 g/mol. The molecule has 160 valence electrons. The van der Waals surface area contributed by atoms with Gasteiger partial charge >= 0.3 is 0 Å². The molecule has 1 heterocycles. The number of amides is 2. The molecule has 1 saturated heterocycles. The van der Waals surface area contributed by atoms with Crippen molar-refractivity contribution in [2.45, 2.75) is 49.1 Å². The molecule has 2 fully saturated rings. The van der Waals surface area contributed by atoms with E-state index in [-0.39, 0.29) is 28.7 Å². The van der Waals surface area contributed by atoms with Gasteiger partial charge in [0.15, 0.2) is 0 Å². The van der Waals surface area contributed by atoms with E-state index in [2.05, 4.69) is 10.6 Å². The van der Waals surface area contributed by atoms with Gasteiger partial charge in [-0.05, 0) is 56.2 Å². The molecule has 1 atom stereocenters. The first kappa shape index (κ1) is 22.1. The Morgan fingerprint density at radius 2 is 1.79 bits per heavy atom. The highest BCUT2D eigenvalue weighted by atomic mass is 32.2. The van der Waals surface area contributed by atoms with Gasteiger partial charge in [0.25, 0.3) is 0 Å². The van der Waals surface area contributed by atoms with Gasteiger partial charge < -0.3 is 10.6 Å². The highest BCUT2D eigenvalue weighted by molar-refractivity contribution is 7.98. The summed E-state index contributed by atoms with van der Waals surface area (Å²) in [7, 11) is -3.53. The normalized spacial score (nSPS) is 19.5. The molecular formula is C20H29N3O4S2. The van der Waals surface area contributed by atoms with Crippen LogP contribution in [0.15, 0.2) is 35.2 Å². The lowest BCUT2D eigenvalue weighted by Gasteiger charge is -2.31. The summed E-state index contributed by atoms with van der Waals surface area (Å²) in [6.07, 6.45) is 5.48. The Morgan fingerprint density at radius 1 is 1.14 bits per heavy atom. The molecular weight excluding hydrogens is 410 g/mol. The third kappa shape index (κ3) is 5.96. The Labute approximate surface area is 177 Å². The third-order valence-electron chi connectivity index (χ3n) is 5.37. The van der Waals surface area contributed by atoms with Gasteiger partial charge in [0.1, 0.15) is 6.04 Å². The number of rotatable bonds is 9. The summed E-state index contributed by atoms with van der Waals surface area (Å²) in [5.41, 5.74) is 0. The van der Waals surface area contributed by atoms with Crippen LogP contribution in [0.1, 0.15) is 32.1 Å². The summed E-state index contributed by atoms with van der Waals surface area (Å²) >= 11 is 1.64. The van der Waals surface area contributed by atoms with Gasteiger partial charge in [-0.3, -0.25) is 9.59 Å². The van der Waals surface area contributed by atoms with Gasteiger partial charge in [0.05, 0.1) is 4.90 Å². The fraction of sp³-hybridized carbons (Fsp3) is 0.600. The van der Waals surface area contributed by atoms with E-state index in [1.54, 1.807) is 42.1 Å². The Bertz CT molecular complexity index is 804. The maximum absolute atomic E-state index is 12.7. The van der Waals surface area contributed by atoms with E-state index in [1.807, 2.05) is 6.26 Å². The van der Waals surface area contributed by atoms with Crippen LogP contribution in [0.25, 0.3) is 0 Å². The number of thioether (sulfide) groups is 1. The average Bonchev–Trinajstić information content (AvgIpc) is 3.55. The molecule has 2 aliphatic rings. The second-order valence-corrected chi connectivity index (χ2v) is 10.5. The van der Waals surface area contributed by atoms with Gasteiger partial charge in [0.2, 0.25) is 21.8 Å². The third-order valence-corrected chi connectivity index (χ3v) is 7.93. The second-order valence-electron chi connectivity index (χ2n) is 7.62. The molecule has 1 aliphatic carbocycles. The zero-order valence-electron chi connectivity index (χ0n) is 16.7. The molecule has 0 unspecified atom stereocenters. The van der Waals surface area contributed by atoms with Gasteiger partial charge in [-0.15, -0.1) is 0 Å². The van der Waals surface area contributed by atoms with Crippen molar-refractivity contribution < 1.29 is 18.0 Å². The maximum atomic E-state index is 12.7. The van der Waals surface area contributed by atoms with Crippen molar-refractivity contribution in [3.05, 3.63) is 30.3 Å². The molecule has 1 aliphatic heterocycles. The number of nitrogens with zero attached hydrogens (tertiary/aromatic N) is 1. The van der Waals surface area contributed by atoms with Crippen LogP contribution in [-0.4, -0.2) is 61.7 Å². The van der Waals surface area contributed by atoms with Crippen LogP contribution in [0.2, 0.25) is 0 Å². The van der Waals surface area contributed by atoms with E-state index >= 15 is 0 Å². The molecule has 1 aromatic carbocycles. The summed E-state index contributed by atoms with van der Waals surface area (Å²) in [6.45, 7) is 0.609. The molecule has 2 N–H and O–H groups in total. The largest absolute Gasteiger partial charge is 0.352 e. The predicted molar refractivity (Wildman–Crippen MR) is 114 cm³/mol. The summed E-state index contributed by atoms with van der Waals surface area (Å²) in [4.78, 5) is 25.4. The molecule has 0 spiro atoms. The van der Waals surface area contributed by atoms with Crippen molar-refractivity contribution in [1.29, 1.82) is 0 Å². The minimum Gasteiger partial charge on any atom is -0.352 e. The van der Waals surface area contributed by atoms with Crippen molar-refractivity contribution in [3.63, 3.8) is 0 Å². The zero-order valence-corrected chi connectivity index (χ0v) is 18.3. The van der Waals surface area contributed by atoms with Gasteiger partial charge in [-0.1, -0.05) is 18.2 Å². The molecule has 1 saturated carbocycles. The Balaban J connectivity index is 1.54. The summed E-state index contributed by atoms with van der Waals surface area (Å²) in [5, 5.41) is 5.87. The number of carbonyl (C=O) groups is 2. The highest BCUT2D eigenvalue weighted by Crippen LogP contribution is 2.24. The molecule has 0 radical (unpaired) electrons. The summed E-state index contributed by atoms with van der Waals surface area (Å²) < 4.78 is 26.9. The van der Waals surface area contributed by atoms with E-state index in [0.717, 1.165) is 18.6 Å². The summed E-state index contributed by atoms with van der Waals surface area (Å²) in [5.74, 6) is 0.247. The fourth-order valence-corrected chi connectivity index (χ4v) is 5.39. The average molecular weight is 440 g/mol. The minimum absolute atomic E-state index is 0.112. The predicted octanol–water partition coefficient (Wildman–Crippen LogP) is 1.60. The number of piperidine rings is 1. The van der Waals surface area contributed by atoms with Crippen molar-refractivity contribution in [1.82, 2.24) is 14.9 Å². The molecule has 9 heteroatoms. The number of hydrogen-bond donors (Lipinski definition) is 2. The molecule has 7 nitrogen and oxygen atoms in total. The van der Waals surface area contributed by atoms with Crippen molar-refractivity contribution >= 4 is 33.6 Å². The first-order chi connectivity index (χ1) is 13.9. The number of nitrogens with one attached hydrogen (secondary N) is 2. The van der Waals surface area contributed by atoms with Crippen LogP contribution >= 0.6 is 11.8 Å². The van der Waals surface area contributed by atoms with Crippen LogP contribution in [-0.2, 0) is 19.6 Å². The van der Waals surface area contributed by atoms with Crippen LogP contribution in [0.4, 0.5) is 0 Å². The molecule has 0 aromatic heterocycles. The van der Waals surface area contributed by atoms with E-state index in [9.17, 15) is 18.0 Å². The number of hydrogen-bond acceptors (Lipinski definition) is 5. The number of benzene rings is 1. The Morgan fingerprint density at radius 3 is 2.38 bits per heavy atom. The zero-order chi connectivity index (χ0) is 20.9. The standard InChI is InChI=1S/C20H29N3O4S2/c1-28-14-11-18(20(25)21-16-7-8-16)22-19(24)15-9-12-23(13-10-15)29(26,27)17-5-3-2-4-6-17/h2-6,15-16,18H,7-14H2,1H3,(H,21,25)(H,22,24)/t18-/m0/s1. The molecule has 3 rings (SSSR count). The topological polar surface area (TPSA) is 95.6 Å². The lowest BCUT2D eigenvalue weighted by atomic mass is 9.96. The van der Waals surface area contributed by atoms with Crippen LogP contribution in [0, 0.1) is 5.92 Å². The van der Waals surface area contributed by atoms with Crippen molar-refractivity contribution in [3.8, 4) is 0 Å².